The fourth-order valence-electron chi connectivity index (χ4n) is 4.91. The van der Waals surface area contributed by atoms with Gasteiger partial charge in [-0.25, -0.2) is 9.37 Å². The zero-order valence-corrected chi connectivity index (χ0v) is 22.0. The summed E-state index contributed by atoms with van der Waals surface area (Å²) >= 11 is 0. The molecule has 1 unspecified atom stereocenters. The second-order valence-corrected chi connectivity index (χ2v) is 9.50. The summed E-state index contributed by atoms with van der Waals surface area (Å²) in [4.78, 5) is 34.7. The lowest BCUT2D eigenvalue weighted by molar-refractivity contribution is 0.0640. The van der Waals surface area contributed by atoms with Crippen molar-refractivity contribution < 1.29 is 9.18 Å². The molecule has 4 aromatic carbocycles. The van der Waals surface area contributed by atoms with Gasteiger partial charge >= 0.3 is 0 Å². The fourth-order valence-corrected chi connectivity index (χ4v) is 4.91. The molecule has 0 radical (unpaired) electrons. The molecule has 1 heterocycles. The highest BCUT2D eigenvalue weighted by Gasteiger charge is 2.30. The van der Waals surface area contributed by atoms with E-state index in [2.05, 4.69) is 6.92 Å². The standard InChI is InChI=1S/C33H30FN3O2/c1-3-23-14-20-27(21-15-23)37-31(35-29-13-9-8-12-28(29)33(37)39)30(4-2)36(22-24-10-6-5-7-11-24)32(38)25-16-18-26(34)19-17-25/h5-21,30H,3-4,22H2,1-2H3. The monoisotopic (exact) mass is 519 g/mol. The van der Waals surface area contributed by atoms with E-state index in [1.54, 1.807) is 15.5 Å². The average molecular weight is 520 g/mol. The first kappa shape index (κ1) is 26.0. The Kier molecular flexibility index (Phi) is 7.64. The minimum atomic E-state index is -0.536. The third-order valence-corrected chi connectivity index (χ3v) is 7.01. The van der Waals surface area contributed by atoms with Gasteiger partial charge in [0, 0.05) is 12.1 Å². The third kappa shape index (κ3) is 5.36. The fraction of sp³-hybridized carbons (Fsp3) is 0.182. The van der Waals surface area contributed by atoms with Crippen LogP contribution >= 0.6 is 0 Å². The van der Waals surface area contributed by atoms with Crippen molar-refractivity contribution in [2.45, 2.75) is 39.3 Å². The Morgan fingerprint density at radius 3 is 2.18 bits per heavy atom. The van der Waals surface area contributed by atoms with Crippen molar-refractivity contribution >= 4 is 16.8 Å². The van der Waals surface area contributed by atoms with Gasteiger partial charge in [-0.2, -0.15) is 0 Å². The first-order valence-corrected chi connectivity index (χ1v) is 13.2. The highest BCUT2D eigenvalue weighted by Crippen LogP contribution is 2.29. The number of carbonyl (C=O) groups excluding carboxylic acids is 1. The lowest BCUT2D eigenvalue weighted by atomic mass is 10.1. The minimum Gasteiger partial charge on any atom is -0.324 e. The van der Waals surface area contributed by atoms with Crippen molar-refractivity contribution in [2.75, 3.05) is 0 Å². The Bertz CT molecular complexity index is 1650. The van der Waals surface area contributed by atoms with Crippen LogP contribution in [-0.4, -0.2) is 20.4 Å². The molecule has 0 fully saturated rings. The summed E-state index contributed by atoms with van der Waals surface area (Å²) in [7, 11) is 0. The molecule has 0 bridgehead atoms. The zero-order chi connectivity index (χ0) is 27.4. The summed E-state index contributed by atoms with van der Waals surface area (Å²) < 4.78 is 15.3. The molecular weight excluding hydrogens is 489 g/mol. The lowest BCUT2D eigenvalue weighted by Crippen LogP contribution is -2.38. The Hall–Kier alpha value is -4.58. The summed E-state index contributed by atoms with van der Waals surface area (Å²) in [5.41, 5.74) is 3.55. The first-order chi connectivity index (χ1) is 19.0. The van der Waals surface area contributed by atoms with E-state index < -0.39 is 11.9 Å². The molecule has 5 nitrogen and oxygen atoms in total. The maximum atomic E-state index is 14.0. The van der Waals surface area contributed by atoms with E-state index in [0.29, 0.717) is 40.9 Å². The van der Waals surface area contributed by atoms with Crippen molar-refractivity contribution in [3.05, 3.63) is 142 Å². The molecule has 0 N–H and O–H groups in total. The van der Waals surface area contributed by atoms with Crippen LogP contribution < -0.4 is 5.56 Å². The molecule has 196 valence electrons. The molecule has 6 heteroatoms. The van der Waals surface area contributed by atoms with E-state index in [4.69, 9.17) is 4.98 Å². The van der Waals surface area contributed by atoms with Gasteiger partial charge in [0.25, 0.3) is 11.5 Å². The number of benzene rings is 4. The van der Waals surface area contributed by atoms with E-state index in [1.165, 1.54) is 24.3 Å². The van der Waals surface area contributed by atoms with Crippen molar-refractivity contribution in [3.63, 3.8) is 0 Å². The van der Waals surface area contributed by atoms with Gasteiger partial charge in [0.05, 0.1) is 22.6 Å². The van der Waals surface area contributed by atoms with Crippen molar-refractivity contribution in [3.8, 4) is 5.69 Å². The number of para-hydroxylation sites is 1. The highest BCUT2D eigenvalue weighted by atomic mass is 19.1. The molecule has 0 saturated carbocycles. The number of aryl methyl sites for hydroxylation is 1. The summed E-state index contributed by atoms with van der Waals surface area (Å²) in [6, 6.07) is 29.9. The predicted molar refractivity (Wildman–Crippen MR) is 152 cm³/mol. The van der Waals surface area contributed by atoms with Crippen molar-refractivity contribution in [2.24, 2.45) is 0 Å². The van der Waals surface area contributed by atoms with Crippen LogP contribution in [0.25, 0.3) is 16.6 Å². The number of hydrogen-bond acceptors (Lipinski definition) is 3. The number of halogens is 1. The second kappa shape index (κ2) is 11.4. The van der Waals surface area contributed by atoms with Crippen LogP contribution in [0.3, 0.4) is 0 Å². The maximum absolute atomic E-state index is 14.0. The number of fused-ring (bicyclic) bond motifs is 1. The third-order valence-electron chi connectivity index (χ3n) is 7.01. The van der Waals surface area contributed by atoms with Crippen LogP contribution in [0.4, 0.5) is 4.39 Å². The summed E-state index contributed by atoms with van der Waals surface area (Å²) in [6.45, 7) is 4.36. The number of amides is 1. The molecule has 5 rings (SSSR count). The summed E-state index contributed by atoms with van der Waals surface area (Å²) in [6.07, 6.45) is 1.39. The number of hydrogen-bond donors (Lipinski definition) is 0. The SMILES string of the molecule is CCc1ccc(-n2c(C(CC)N(Cc3ccccc3)C(=O)c3ccc(F)cc3)nc3ccccc3c2=O)cc1. The molecule has 0 aliphatic rings. The van der Waals surface area contributed by atoms with Gasteiger partial charge in [-0.1, -0.05) is 68.4 Å². The van der Waals surface area contributed by atoms with E-state index in [9.17, 15) is 14.0 Å². The van der Waals surface area contributed by atoms with Crippen molar-refractivity contribution in [1.82, 2.24) is 14.5 Å². The van der Waals surface area contributed by atoms with Crippen LogP contribution in [0.15, 0.2) is 108 Å². The van der Waals surface area contributed by atoms with Crippen LogP contribution in [-0.2, 0) is 13.0 Å². The molecule has 5 aromatic rings. The molecule has 39 heavy (non-hydrogen) atoms. The summed E-state index contributed by atoms with van der Waals surface area (Å²) in [5, 5.41) is 0.509. The van der Waals surface area contributed by atoms with Gasteiger partial charge < -0.3 is 4.90 Å². The number of aromatic nitrogens is 2. The van der Waals surface area contributed by atoms with Gasteiger partial charge in [-0.3, -0.25) is 14.2 Å². The van der Waals surface area contributed by atoms with Crippen LogP contribution in [0.5, 0.6) is 0 Å². The van der Waals surface area contributed by atoms with Crippen LogP contribution in [0.1, 0.15) is 53.6 Å². The predicted octanol–water partition coefficient (Wildman–Crippen LogP) is 6.88. The van der Waals surface area contributed by atoms with E-state index in [-0.39, 0.29) is 11.5 Å². The molecule has 1 aromatic heterocycles. The van der Waals surface area contributed by atoms with Gasteiger partial charge in [-0.15, -0.1) is 0 Å². The highest BCUT2D eigenvalue weighted by molar-refractivity contribution is 5.94. The molecule has 1 atom stereocenters. The minimum absolute atomic E-state index is 0.188. The van der Waals surface area contributed by atoms with Gasteiger partial charge in [0.2, 0.25) is 0 Å². The Morgan fingerprint density at radius 2 is 1.51 bits per heavy atom. The topological polar surface area (TPSA) is 55.2 Å². The number of carbonyl (C=O) groups is 1. The molecule has 0 aliphatic heterocycles. The van der Waals surface area contributed by atoms with Gasteiger partial charge in [0.1, 0.15) is 11.6 Å². The van der Waals surface area contributed by atoms with E-state index in [0.717, 1.165) is 17.5 Å². The Labute approximate surface area is 227 Å². The van der Waals surface area contributed by atoms with E-state index in [1.807, 2.05) is 79.7 Å². The molecule has 0 spiro atoms. The van der Waals surface area contributed by atoms with Crippen molar-refractivity contribution in [1.29, 1.82) is 0 Å². The lowest BCUT2D eigenvalue weighted by Gasteiger charge is -2.32. The quantitative estimate of drug-likeness (QED) is 0.225. The molecule has 0 aliphatic carbocycles. The van der Waals surface area contributed by atoms with E-state index >= 15 is 0 Å². The van der Waals surface area contributed by atoms with Gasteiger partial charge in [-0.05, 0) is 72.5 Å². The normalized spacial score (nSPS) is 11.9. The molecule has 1 amide bonds. The smallest absolute Gasteiger partial charge is 0.266 e. The Morgan fingerprint density at radius 1 is 0.846 bits per heavy atom. The molecule has 0 saturated heterocycles. The average Bonchev–Trinajstić information content (AvgIpc) is 2.98. The van der Waals surface area contributed by atoms with Crippen LogP contribution in [0.2, 0.25) is 0 Å². The van der Waals surface area contributed by atoms with Gasteiger partial charge in [0.15, 0.2) is 0 Å². The molecular formula is C33H30FN3O2. The summed E-state index contributed by atoms with van der Waals surface area (Å²) in [5.74, 6) is -0.188. The zero-order valence-electron chi connectivity index (χ0n) is 22.0. The second-order valence-electron chi connectivity index (χ2n) is 9.50. The number of rotatable bonds is 8. The first-order valence-electron chi connectivity index (χ1n) is 13.2. The maximum Gasteiger partial charge on any atom is 0.266 e. The number of nitrogens with zero attached hydrogens (tertiary/aromatic N) is 3. The largest absolute Gasteiger partial charge is 0.324 e. The Balaban J connectivity index is 1.72. The van der Waals surface area contributed by atoms with Crippen LogP contribution in [0, 0.1) is 5.82 Å².